The molecule has 0 radical (unpaired) electrons. The number of hydrogen-bond donors (Lipinski definition) is 1. The number of thioether (sulfide) groups is 1. The Balaban J connectivity index is 1.68. The van der Waals surface area contributed by atoms with E-state index < -0.39 is 13.4 Å². The normalized spacial score (nSPS) is 25.8. The van der Waals surface area contributed by atoms with Gasteiger partial charge >= 0.3 is 7.37 Å². The number of nitro groups is 1. The summed E-state index contributed by atoms with van der Waals surface area (Å²) in [5.41, 5.74) is 0.0456. The molecule has 4 atom stereocenters. The van der Waals surface area contributed by atoms with Crippen molar-refractivity contribution in [3.63, 3.8) is 0 Å². The zero-order valence-corrected chi connectivity index (χ0v) is 18.8. The second kappa shape index (κ2) is 12.4. The molecular weight excluding hydrogens is 397 g/mol. The van der Waals surface area contributed by atoms with Gasteiger partial charge in [-0.3, -0.25) is 19.2 Å². The standard InChI is InChI=1S/C20H36NO5PS/c1-17(22)28-16-7-5-3-2-4-6-15-27(25,20-9-8-10-20)26-19-13-11-18(12-14-19)21(23)24/h11,13,17-20,22H,2-10,12,14-16H2,1H3/p+1. The molecule has 1 fully saturated rings. The molecular formula is C20H37NO5PS+. The smallest absolute Gasteiger partial charge is 0.360 e. The minimum Gasteiger partial charge on any atom is -0.383 e. The molecule has 0 bridgehead atoms. The van der Waals surface area contributed by atoms with E-state index in [-0.39, 0.29) is 16.5 Å². The van der Waals surface area contributed by atoms with Gasteiger partial charge < -0.3 is 5.11 Å². The third-order valence-corrected chi connectivity index (χ3v) is 10.0. The summed E-state index contributed by atoms with van der Waals surface area (Å²) < 4.78 is 17.5. The highest BCUT2D eigenvalue weighted by Crippen LogP contribution is 2.60. The van der Waals surface area contributed by atoms with Crippen LogP contribution in [-0.2, 0) is 4.52 Å². The first-order valence-electron chi connectivity index (χ1n) is 10.8. The highest BCUT2D eigenvalue weighted by Gasteiger charge is 2.45. The third kappa shape index (κ3) is 8.17. The SMILES string of the molecule is CC(O)SCCCCCCCCP(=[OH+])(OC1C=CC([N+](=O)[O-])CC1)C1CCC1. The van der Waals surface area contributed by atoms with Gasteiger partial charge in [0.25, 0.3) is 0 Å². The Morgan fingerprint density at radius 3 is 2.39 bits per heavy atom. The van der Waals surface area contributed by atoms with E-state index in [9.17, 15) is 19.8 Å². The van der Waals surface area contributed by atoms with Crippen molar-refractivity contribution in [1.29, 1.82) is 0 Å². The minimum absolute atomic E-state index is 0.165. The number of aliphatic hydroxyl groups excluding tert-OH is 1. The molecule has 6 nitrogen and oxygen atoms in total. The average molecular weight is 435 g/mol. The maximum Gasteiger partial charge on any atom is 0.360 e. The van der Waals surface area contributed by atoms with Crippen molar-refractivity contribution < 1.29 is 19.1 Å². The monoisotopic (exact) mass is 434 g/mol. The summed E-state index contributed by atoms with van der Waals surface area (Å²) in [5.74, 6) is 1.02. The van der Waals surface area contributed by atoms with Gasteiger partial charge in [0.05, 0.1) is 23.4 Å². The van der Waals surface area contributed by atoms with E-state index in [1.807, 2.05) is 6.92 Å². The summed E-state index contributed by atoms with van der Waals surface area (Å²) in [6.45, 7) is 1.81. The van der Waals surface area contributed by atoms with Gasteiger partial charge in [-0.2, -0.15) is 0 Å². The average Bonchev–Trinajstić information content (AvgIpc) is 2.58. The molecule has 0 amide bonds. The lowest BCUT2D eigenvalue weighted by atomic mass is 10.00. The molecule has 2 N–H and O–H groups in total. The van der Waals surface area contributed by atoms with Crippen LogP contribution in [0, 0.1) is 10.1 Å². The quantitative estimate of drug-likeness (QED) is 0.0735. The second-order valence-electron chi connectivity index (χ2n) is 8.11. The summed E-state index contributed by atoms with van der Waals surface area (Å²) in [6.07, 6.45) is 15.3. The van der Waals surface area contributed by atoms with Crippen LogP contribution in [0.3, 0.4) is 0 Å². The Bertz CT molecular complexity index is 553. The van der Waals surface area contributed by atoms with Crippen molar-refractivity contribution in [1.82, 2.24) is 0 Å². The first-order valence-corrected chi connectivity index (χ1v) is 13.8. The summed E-state index contributed by atoms with van der Waals surface area (Å²) in [5, 5.41) is 20.1. The number of rotatable bonds is 14. The van der Waals surface area contributed by atoms with E-state index >= 15 is 0 Å². The minimum atomic E-state index is -2.42. The Hall–Kier alpha value is -0.360. The van der Waals surface area contributed by atoms with E-state index in [2.05, 4.69) is 0 Å². The molecule has 0 heterocycles. The molecule has 4 unspecified atom stereocenters. The van der Waals surface area contributed by atoms with E-state index in [1.54, 1.807) is 23.9 Å². The van der Waals surface area contributed by atoms with Gasteiger partial charge in [-0.25, -0.2) is 0 Å². The Kier molecular flexibility index (Phi) is 10.6. The van der Waals surface area contributed by atoms with Gasteiger partial charge in [-0.15, -0.1) is 11.8 Å². The fraction of sp³-hybridized carbons (Fsp3) is 0.900. The van der Waals surface area contributed by atoms with Crippen molar-refractivity contribution in [3.05, 3.63) is 22.3 Å². The molecule has 1 saturated carbocycles. The Morgan fingerprint density at radius 1 is 1.18 bits per heavy atom. The largest absolute Gasteiger partial charge is 0.383 e. The van der Waals surface area contributed by atoms with Crippen LogP contribution in [-0.4, -0.2) is 49.8 Å². The predicted octanol–water partition coefficient (Wildman–Crippen LogP) is 5.55. The number of nitrogens with zero attached hydrogens (tertiary/aromatic N) is 1. The molecule has 162 valence electrons. The molecule has 2 aliphatic rings. The van der Waals surface area contributed by atoms with Gasteiger partial charge in [0.2, 0.25) is 6.04 Å². The fourth-order valence-corrected chi connectivity index (χ4v) is 7.64. The maximum absolute atomic E-state index is 11.3. The number of unbranched alkanes of at least 4 members (excludes halogenated alkanes) is 5. The van der Waals surface area contributed by atoms with Gasteiger partial charge in [0.1, 0.15) is 0 Å². The van der Waals surface area contributed by atoms with Crippen molar-refractivity contribution in [2.24, 2.45) is 0 Å². The van der Waals surface area contributed by atoms with E-state index in [1.165, 1.54) is 25.7 Å². The van der Waals surface area contributed by atoms with Crippen LogP contribution in [0.1, 0.15) is 77.6 Å². The topological polar surface area (TPSA) is 94.0 Å². The first kappa shape index (κ1) is 23.9. The lowest BCUT2D eigenvalue weighted by Crippen LogP contribution is -2.28. The van der Waals surface area contributed by atoms with Crippen LogP contribution in [0.25, 0.3) is 0 Å². The Labute approximate surface area is 173 Å². The van der Waals surface area contributed by atoms with Crippen LogP contribution in [0.4, 0.5) is 0 Å². The predicted molar refractivity (Wildman–Crippen MR) is 117 cm³/mol. The van der Waals surface area contributed by atoms with Gasteiger partial charge in [0, 0.05) is 11.3 Å². The molecule has 0 aromatic carbocycles. The third-order valence-electron chi connectivity index (χ3n) is 5.76. The van der Waals surface area contributed by atoms with Gasteiger partial charge in [-0.1, -0.05) is 38.2 Å². The van der Waals surface area contributed by atoms with Crippen LogP contribution >= 0.6 is 19.1 Å². The molecule has 2 aliphatic carbocycles. The molecule has 0 saturated heterocycles. The molecule has 0 aromatic heterocycles. The van der Waals surface area contributed by atoms with Crippen LogP contribution in [0.2, 0.25) is 0 Å². The molecule has 28 heavy (non-hydrogen) atoms. The lowest BCUT2D eigenvalue weighted by Gasteiger charge is -2.31. The summed E-state index contributed by atoms with van der Waals surface area (Å²) in [4.78, 5) is 10.6. The number of hydrogen-bond acceptors (Lipinski definition) is 5. The van der Waals surface area contributed by atoms with Crippen LogP contribution in [0.15, 0.2) is 12.2 Å². The highest BCUT2D eigenvalue weighted by atomic mass is 32.2. The van der Waals surface area contributed by atoms with E-state index in [0.717, 1.165) is 44.0 Å². The maximum atomic E-state index is 11.3. The van der Waals surface area contributed by atoms with Crippen molar-refractivity contribution in [3.8, 4) is 0 Å². The van der Waals surface area contributed by atoms with Crippen LogP contribution < -0.4 is 0 Å². The molecule has 0 spiro atoms. The van der Waals surface area contributed by atoms with Crippen molar-refractivity contribution >= 4 is 19.1 Å². The van der Waals surface area contributed by atoms with Crippen molar-refractivity contribution in [2.45, 2.75) is 101 Å². The molecule has 0 aliphatic heterocycles. The summed E-state index contributed by atoms with van der Waals surface area (Å²) in [7, 11) is -2.42. The van der Waals surface area contributed by atoms with Gasteiger partial charge in [-0.05, 0) is 50.9 Å². The van der Waals surface area contributed by atoms with Crippen molar-refractivity contribution in [2.75, 3.05) is 11.9 Å². The van der Waals surface area contributed by atoms with E-state index in [0.29, 0.717) is 18.5 Å². The molecule has 0 aromatic rings. The zero-order valence-electron chi connectivity index (χ0n) is 17.1. The second-order valence-corrected chi connectivity index (χ2v) is 12.4. The summed E-state index contributed by atoms with van der Waals surface area (Å²) >= 11 is 1.60. The molecule has 2 rings (SSSR count). The Morgan fingerprint density at radius 2 is 1.86 bits per heavy atom. The molecule has 8 heteroatoms. The zero-order chi connectivity index (χ0) is 20.4. The van der Waals surface area contributed by atoms with E-state index in [4.69, 9.17) is 4.52 Å². The lowest BCUT2D eigenvalue weighted by molar-refractivity contribution is -0.511. The highest BCUT2D eigenvalue weighted by molar-refractivity contribution is 7.99. The number of aliphatic hydroxyl groups is 1. The summed E-state index contributed by atoms with van der Waals surface area (Å²) in [6, 6.07) is -0.603. The first-order chi connectivity index (χ1) is 13.4. The van der Waals surface area contributed by atoms with Gasteiger partial charge in [0.15, 0.2) is 0 Å². The fourth-order valence-electron chi connectivity index (χ4n) is 3.79. The van der Waals surface area contributed by atoms with Crippen LogP contribution in [0.5, 0.6) is 0 Å².